The molecule has 0 fully saturated rings. The Morgan fingerprint density at radius 1 is 1.53 bits per heavy atom. The van der Waals surface area contributed by atoms with Gasteiger partial charge in [-0.15, -0.1) is 0 Å². The van der Waals surface area contributed by atoms with Crippen molar-refractivity contribution < 1.29 is 0 Å². The number of halogens is 1. The van der Waals surface area contributed by atoms with Crippen molar-refractivity contribution >= 4 is 27.7 Å². The van der Waals surface area contributed by atoms with E-state index in [1.165, 1.54) is 12.8 Å². The molecule has 1 unspecified atom stereocenters. The number of aromatic nitrogens is 1. The van der Waals surface area contributed by atoms with E-state index in [4.69, 9.17) is 0 Å². The molecule has 15 heavy (non-hydrogen) atoms. The molecule has 1 N–H and O–H groups in total. The van der Waals surface area contributed by atoms with E-state index in [9.17, 15) is 0 Å². The second-order valence-electron chi connectivity index (χ2n) is 3.94. The average molecular weight is 270 g/mol. The summed E-state index contributed by atoms with van der Waals surface area (Å²) in [5.41, 5.74) is 2.18. The van der Waals surface area contributed by atoms with Crippen LogP contribution in [0.3, 0.4) is 0 Å². The van der Waals surface area contributed by atoms with Gasteiger partial charge in [0.25, 0.3) is 0 Å². The van der Waals surface area contributed by atoms with E-state index >= 15 is 0 Å². The fraction of sp³-hybridized carbons (Fsp3) is 0.545. The molecule has 1 atom stereocenters. The first-order chi connectivity index (χ1) is 7.22. The van der Waals surface area contributed by atoms with E-state index in [-0.39, 0.29) is 0 Å². The zero-order valence-electron chi connectivity index (χ0n) is 9.13. The minimum atomic E-state index is 0.342. The normalized spacial score (nSPS) is 18.9. The Hall–Kier alpha value is -0.770. The molecule has 0 amide bonds. The molecule has 4 heteroatoms. The number of hydrogen-bond donors (Lipinski definition) is 1. The number of rotatable bonds is 3. The second-order valence-corrected chi connectivity index (χ2v) is 4.70. The highest BCUT2D eigenvalue weighted by Gasteiger charge is 2.27. The van der Waals surface area contributed by atoms with E-state index in [0.29, 0.717) is 6.17 Å². The van der Waals surface area contributed by atoms with Crippen LogP contribution in [-0.4, -0.2) is 11.1 Å². The molecule has 0 bridgehead atoms. The first-order valence-electron chi connectivity index (χ1n) is 5.41. The molecule has 0 radical (unpaired) electrons. The largest absolute Gasteiger partial charge is 0.361 e. The zero-order chi connectivity index (χ0) is 10.8. The number of nitrogens with one attached hydrogen (secondary N) is 1. The van der Waals surface area contributed by atoms with Crippen LogP contribution in [-0.2, 0) is 0 Å². The van der Waals surface area contributed by atoms with Gasteiger partial charge in [-0.25, -0.2) is 4.98 Å². The van der Waals surface area contributed by atoms with Gasteiger partial charge >= 0.3 is 0 Å². The van der Waals surface area contributed by atoms with Crippen LogP contribution in [0.15, 0.2) is 12.1 Å². The number of pyridine rings is 1. The standard InChI is InChI=1S/C11H16BrN3/c1-3-4-5-10-14-9-7-6-8(2)13-11(9)15(10)12/h6-7,10,14H,3-5H2,1-2H3. The predicted molar refractivity (Wildman–Crippen MR) is 67.3 cm³/mol. The van der Waals surface area contributed by atoms with Gasteiger partial charge in [-0.1, -0.05) is 13.3 Å². The summed E-state index contributed by atoms with van der Waals surface area (Å²) >= 11 is 3.58. The minimum Gasteiger partial charge on any atom is -0.361 e. The molecule has 1 aliphatic heterocycles. The van der Waals surface area contributed by atoms with Gasteiger partial charge in [-0.3, -0.25) is 3.93 Å². The molecule has 0 saturated carbocycles. The van der Waals surface area contributed by atoms with E-state index in [0.717, 1.165) is 23.6 Å². The van der Waals surface area contributed by atoms with Crippen molar-refractivity contribution in [2.24, 2.45) is 0 Å². The fourth-order valence-electron chi connectivity index (χ4n) is 1.79. The number of anilines is 2. The van der Waals surface area contributed by atoms with Crippen molar-refractivity contribution in [1.82, 2.24) is 4.98 Å². The van der Waals surface area contributed by atoms with E-state index in [1.54, 1.807) is 0 Å². The van der Waals surface area contributed by atoms with Crippen LogP contribution < -0.4 is 9.24 Å². The lowest BCUT2D eigenvalue weighted by atomic mass is 10.2. The molecular weight excluding hydrogens is 254 g/mol. The third-order valence-corrected chi connectivity index (χ3v) is 3.47. The van der Waals surface area contributed by atoms with E-state index < -0.39 is 0 Å². The van der Waals surface area contributed by atoms with Gasteiger partial charge in [-0.05, 0) is 31.9 Å². The number of unbranched alkanes of at least 4 members (excludes halogenated alkanes) is 1. The van der Waals surface area contributed by atoms with E-state index in [1.807, 2.05) is 13.0 Å². The van der Waals surface area contributed by atoms with Gasteiger partial charge in [-0.2, -0.15) is 0 Å². The Kier molecular flexibility index (Phi) is 3.14. The summed E-state index contributed by atoms with van der Waals surface area (Å²) in [6, 6.07) is 4.13. The van der Waals surface area contributed by atoms with Gasteiger partial charge in [0.15, 0.2) is 5.82 Å². The maximum absolute atomic E-state index is 4.51. The first kappa shape index (κ1) is 10.7. The lowest BCUT2D eigenvalue weighted by molar-refractivity contribution is 0.645. The van der Waals surface area contributed by atoms with E-state index in [2.05, 4.69) is 43.4 Å². The van der Waals surface area contributed by atoms with Gasteiger partial charge in [0.05, 0.1) is 21.8 Å². The topological polar surface area (TPSA) is 28.2 Å². The predicted octanol–water partition coefficient (Wildman–Crippen LogP) is 3.45. The molecule has 1 aromatic rings. The van der Waals surface area contributed by atoms with Gasteiger partial charge in [0.2, 0.25) is 0 Å². The van der Waals surface area contributed by atoms with Crippen LogP contribution in [0.5, 0.6) is 0 Å². The number of aryl methyl sites for hydroxylation is 1. The Balaban J connectivity index is 2.14. The van der Waals surface area contributed by atoms with Crippen molar-refractivity contribution in [3.63, 3.8) is 0 Å². The number of hydrogen-bond acceptors (Lipinski definition) is 3. The number of nitrogens with zero attached hydrogens (tertiary/aromatic N) is 2. The second kappa shape index (κ2) is 4.39. The first-order valence-corrected chi connectivity index (χ1v) is 6.12. The molecular formula is C11H16BrN3. The summed E-state index contributed by atoms with van der Waals surface area (Å²) < 4.78 is 2.06. The van der Waals surface area contributed by atoms with Crippen molar-refractivity contribution in [3.05, 3.63) is 17.8 Å². The smallest absolute Gasteiger partial charge is 0.164 e. The molecule has 0 spiro atoms. The third kappa shape index (κ3) is 2.09. The van der Waals surface area contributed by atoms with Crippen molar-refractivity contribution in [3.8, 4) is 0 Å². The highest BCUT2D eigenvalue weighted by Crippen LogP contribution is 2.36. The zero-order valence-corrected chi connectivity index (χ0v) is 10.7. The molecule has 2 heterocycles. The van der Waals surface area contributed by atoms with Crippen LogP contribution in [0.1, 0.15) is 31.9 Å². The summed E-state index contributed by atoms with van der Waals surface area (Å²) in [6.45, 7) is 4.23. The Morgan fingerprint density at radius 3 is 3.07 bits per heavy atom. The molecule has 1 aliphatic rings. The summed E-state index contributed by atoms with van der Waals surface area (Å²) in [5.74, 6) is 1.01. The maximum Gasteiger partial charge on any atom is 0.164 e. The van der Waals surface area contributed by atoms with Gasteiger partial charge in [0, 0.05) is 5.69 Å². The van der Waals surface area contributed by atoms with Crippen LogP contribution >= 0.6 is 16.1 Å². The molecule has 0 saturated heterocycles. The quantitative estimate of drug-likeness (QED) is 0.853. The van der Waals surface area contributed by atoms with Crippen LogP contribution in [0.4, 0.5) is 11.5 Å². The van der Waals surface area contributed by atoms with Crippen LogP contribution in [0.25, 0.3) is 0 Å². The van der Waals surface area contributed by atoms with Crippen LogP contribution in [0, 0.1) is 6.92 Å². The Morgan fingerprint density at radius 2 is 2.33 bits per heavy atom. The number of fused-ring (bicyclic) bond motifs is 1. The molecule has 0 aliphatic carbocycles. The molecule has 3 nitrogen and oxygen atoms in total. The monoisotopic (exact) mass is 269 g/mol. The molecule has 82 valence electrons. The summed E-state index contributed by atoms with van der Waals surface area (Å²) in [5, 5.41) is 3.46. The minimum absolute atomic E-state index is 0.342. The van der Waals surface area contributed by atoms with Crippen molar-refractivity contribution in [1.29, 1.82) is 0 Å². The summed E-state index contributed by atoms with van der Waals surface area (Å²) in [6.07, 6.45) is 3.93. The highest BCUT2D eigenvalue weighted by atomic mass is 79.9. The Labute approximate surface area is 99.2 Å². The molecule has 1 aromatic heterocycles. The SMILES string of the molecule is CCCCC1Nc2ccc(C)nc2N1Br. The lowest BCUT2D eigenvalue weighted by Crippen LogP contribution is -2.27. The Bertz CT molecular complexity index is 354. The van der Waals surface area contributed by atoms with Crippen LogP contribution in [0.2, 0.25) is 0 Å². The third-order valence-electron chi connectivity index (χ3n) is 2.64. The van der Waals surface area contributed by atoms with Gasteiger partial charge in [0.1, 0.15) is 6.17 Å². The lowest BCUT2D eigenvalue weighted by Gasteiger charge is -2.18. The van der Waals surface area contributed by atoms with Crippen molar-refractivity contribution in [2.45, 2.75) is 39.3 Å². The van der Waals surface area contributed by atoms with Gasteiger partial charge < -0.3 is 5.32 Å². The summed E-state index contributed by atoms with van der Waals surface area (Å²) in [4.78, 5) is 4.51. The maximum atomic E-state index is 4.51. The summed E-state index contributed by atoms with van der Waals surface area (Å²) in [7, 11) is 0. The average Bonchev–Trinajstić information content (AvgIpc) is 2.53. The molecule has 2 rings (SSSR count). The van der Waals surface area contributed by atoms with Crippen molar-refractivity contribution in [2.75, 3.05) is 9.24 Å². The fourth-order valence-corrected chi connectivity index (χ4v) is 2.36. The highest BCUT2D eigenvalue weighted by molar-refractivity contribution is 9.10. The molecule has 0 aromatic carbocycles.